The highest BCUT2D eigenvalue weighted by Gasteiger charge is 2.24. The summed E-state index contributed by atoms with van der Waals surface area (Å²) in [6, 6.07) is 7.45. The molecule has 0 bridgehead atoms. The summed E-state index contributed by atoms with van der Waals surface area (Å²) in [4.78, 5) is 0.924. The minimum Gasteiger partial charge on any atom is -0.399 e. The van der Waals surface area contributed by atoms with Crippen LogP contribution in [0.5, 0.6) is 0 Å². The first-order chi connectivity index (χ1) is 7.66. The maximum atomic E-state index is 12.3. The molecular weight excluding hydrogens is 218 g/mol. The zero-order valence-corrected chi connectivity index (χ0v) is 10.5. The number of hydrogen-bond donors (Lipinski definition) is 1. The van der Waals surface area contributed by atoms with Crippen LogP contribution in [0.1, 0.15) is 32.6 Å². The Bertz CT molecular complexity index is 374. The summed E-state index contributed by atoms with van der Waals surface area (Å²) < 4.78 is 12.3. The third-order valence-electron chi connectivity index (χ3n) is 3.30. The molecule has 1 aliphatic carbocycles. The average molecular weight is 237 g/mol. The smallest absolute Gasteiger partial charge is 0.0560 e. The number of rotatable bonds is 2. The van der Waals surface area contributed by atoms with E-state index in [9.17, 15) is 4.21 Å². The van der Waals surface area contributed by atoms with Gasteiger partial charge >= 0.3 is 0 Å². The predicted octanol–water partition coefficient (Wildman–Crippen LogP) is 2.96. The molecule has 88 valence electrons. The number of nitrogens with two attached hydrogens (primary N) is 1. The molecule has 3 atom stereocenters. The number of hydrogen-bond acceptors (Lipinski definition) is 2. The molecule has 2 rings (SSSR count). The van der Waals surface area contributed by atoms with Crippen LogP contribution in [0.2, 0.25) is 0 Å². The summed E-state index contributed by atoms with van der Waals surface area (Å²) in [6.45, 7) is 2.26. The van der Waals surface area contributed by atoms with E-state index < -0.39 is 10.8 Å². The molecule has 3 heteroatoms. The van der Waals surface area contributed by atoms with Crippen molar-refractivity contribution in [3.63, 3.8) is 0 Å². The van der Waals surface area contributed by atoms with Crippen LogP contribution in [0.4, 0.5) is 5.69 Å². The molecule has 2 nitrogen and oxygen atoms in total. The van der Waals surface area contributed by atoms with Gasteiger partial charge in [0.25, 0.3) is 0 Å². The van der Waals surface area contributed by atoms with Gasteiger partial charge in [0.1, 0.15) is 0 Å². The Morgan fingerprint density at radius 2 is 1.94 bits per heavy atom. The maximum Gasteiger partial charge on any atom is 0.0560 e. The summed E-state index contributed by atoms with van der Waals surface area (Å²) in [5.41, 5.74) is 6.36. The van der Waals surface area contributed by atoms with Gasteiger partial charge in [-0.2, -0.15) is 0 Å². The van der Waals surface area contributed by atoms with E-state index in [-0.39, 0.29) is 0 Å². The molecule has 0 aliphatic heterocycles. The molecule has 2 N–H and O–H groups in total. The van der Waals surface area contributed by atoms with Gasteiger partial charge in [-0.1, -0.05) is 19.8 Å². The second-order valence-corrected chi connectivity index (χ2v) is 6.49. The molecule has 0 aromatic heterocycles. The molecule has 1 aromatic carbocycles. The zero-order chi connectivity index (χ0) is 11.5. The number of nitrogen functional groups attached to an aromatic ring is 1. The van der Waals surface area contributed by atoms with Crippen molar-refractivity contribution in [2.24, 2.45) is 5.92 Å². The van der Waals surface area contributed by atoms with Crippen molar-refractivity contribution in [1.82, 2.24) is 0 Å². The van der Waals surface area contributed by atoms with Crippen LogP contribution in [0, 0.1) is 5.92 Å². The van der Waals surface area contributed by atoms with Gasteiger partial charge in [-0.3, -0.25) is 4.21 Å². The summed E-state index contributed by atoms with van der Waals surface area (Å²) in [7, 11) is -0.854. The normalized spacial score (nSPS) is 27.6. The molecule has 1 aliphatic rings. The van der Waals surface area contributed by atoms with E-state index in [0.29, 0.717) is 5.25 Å². The van der Waals surface area contributed by atoms with E-state index in [0.717, 1.165) is 29.3 Å². The Morgan fingerprint density at radius 1 is 1.25 bits per heavy atom. The second-order valence-electron chi connectivity index (χ2n) is 4.76. The van der Waals surface area contributed by atoms with Gasteiger partial charge in [0.05, 0.1) is 10.8 Å². The lowest BCUT2D eigenvalue weighted by molar-refractivity contribution is 0.389. The fourth-order valence-electron chi connectivity index (χ4n) is 2.37. The van der Waals surface area contributed by atoms with Gasteiger partial charge in [-0.25, -0.2) is 0 Å². The lowest BCUT2D eigenvalue weighted by Crippen LogP contribution is -2.23. The standard InChI is InChI=1S/C13H19NOS/c1-10-3-2-4-13(9-10)16(15)12-7-5-11(14)6-8-12/h5-8,10,13H,2-4,9,14H2,1H3. The van der Waals surface area contributed by atoms with E-state index in [1.54, 1.807) is 0 Å². The van der Waals surface area contributed by atoms with E-state index >= 15 is 0 Å². The first-order valence-corrected chi connectivity index (χ1v) is 7.14. The Labute approximate surface area is 99.7 Å². The highest BCUT2D eigenvalue weighted by Crippen LogP contribution is 2.29. The van der Waals surface area contributed by atoms with Crippen LogP contribution >= 0.6 is 0 Å². The van der Waals surface area contributed by atoms with Gasteiger partial charge in [0.15, 0.2) is 0 Å². The Morgan fingerprint density at radius 3 is 2.56 bits per heavy atom. The van der Waals surface area contributed by atoms with Gasteiger partial charge in [0.2, 0.25) is 0 Å². The van der Waals surface area contributed by atoms with E-state index in [1.165, 1.54) is 12.8 Å². The Hall–Kier alpha value is -0.830. The van der Waals surface area contributed by atoms with E-state index in [2.05, 4.69) is 6.92 Å². The fourth-order valence-corrected chi connectivity index (χ4v) is 4.04. The Kier molecular flexibility index (Phi) is 3.64. The van der Waals surface area contributed by atoms with Crippen LogP contribution in [0.3, 0.4) is 0 Å². The molecule has 1 fully saturated rings. The van der Waals surface area contributed by atoms with Crippen molar-refractivity contribution in [2.75, 3.05) is 5.73 Å². The summed E-state index contributed by atoms with van der Waals surface area (Å²) in [6.07, 6.45) is 4.69. The lowest BCUT2D eigenvalue weighted by atomic mass is 9.91. The minimum atomic E-state index is -0.854. The SMILES string of the molecule is CC1CCCC(S(=O)c2ccc(N)cc2)C1. The maximum absolute atomic E-state index is 12.3. The van der Waals surface area contributed by atoms with Crippen molar-refractivity contribution < 1.29 is 4.21 Å². The molecule has 0 radical (unpaired) electrons. The zero-order valence-electron chi connectivity index (χ0n) is 9.69. The van der Waals surface area contributed by atoms with Crippen molar-refractivity contribution in [1.29, 1.82) is 0 Å². The third kappa shape index (κ3) is 2.64. The monoisotopic (exact) mass is 237 g/mol. The highest BCUT2D eigenvalue weighted by molar-refractivity contribution is 7.85. The molecule has 0 spiro atoms. The first-order valence-electron chi connectivity index (χ1n) is 5.93. The number of benzene rings is 1. The molecular formula is C13H19NOS. The average Bonchev–Trinajstić information content (AvgIpc) is 2.29. The van der Waals surface area contributed by atoms with Crippen LogP contribution in [0.15, 0.2) is 29.2 Å². The van der Waals surface area contributed by atoms with Crippen LogP contribution in [-0.2, 0) is 10.8 Å². The lowest BCUT2D eigenvalue weighted by Gasteiger charge is -2.26. The van der Waals surface area contributed by atoms with Gasteiger partial charge in [-0.05, 0) is 43.0 Å². The quantitative estimate of drug-likeness (QED) is 0.804. The second kappa shape index (κ2) is 5.00. The summed E-state index contributed by atoms with van der Waals surface area (Å²) in [5.74, 6) is 0.719. The predicted molar refractivity (Wildman–Crippen MR) is 68.7 cm³/mol. The van der Waals surface area contributed by atoms with Gasteiger partial charge < -0.3 is 5.73 Å². The molecule has 1 saturated carbocycles. The highest BCUT2D eigenvalue weighted by atomic mass is 32.2. The van der Waals surface area contributed by atoms with Gasteiger partial charge in [-0.15, -0.1) is 0 Å². The van der Waals surface area contributed by atoms with Crippen LogP contribution < -0.4 is 5.73 Å². The molecule has 0 amide bonds. The fraction of sp³-hybridized carbons (Fsp3) is 0.538. The van der Waals surface area contributed by atoms with Gasteiger partial charge in [0, 0.05) is 15.8 Å². The molecule has 16 heavy (non-hydrogen) atoms. The van der Waals surface area contributed by atoms with Crippen molar-refractivity contribution in [2.45, 2.75) is 42.8 Å². The molecule has 0 heterocycles. The van der Waals surface area contributed by atoms with Crippen molar-refractivity contribution >= 4 is 16.5 Å². The number of anilines is 1. The summed E-state index contributed by atoms with van der Waals surface area (Å²) in [5, 5.41) is 0.340. The molecule has 1 aromatic rings. The Balaban J connectivity index is 2.09. The topological polar surface area (TPSA) is 43.1 Å². The first kappa shape index (κ1) is 11.6. The molecule has 0 saturated heterocycles. The van der Waals surface area contributed by atoms with Crippen molar-refractivity contribution in [3.8, 4) is 0 Å². The summed E-state index contributed by atoms with van der Waals surface area (Å²) >= 11 is 0. The van der Waals surface area contributed by atoms with E-state index in [1.807, 2.05) is 24.3 Å². The van der Waals surface area contributed by atoms with Crippen LogP contribution in [-0.4, -0.2) is 9.46 Å². The van der Waals surface area contributed by atoms with Crippen molar-refractivity contribution in [3.05, 3.63) is 24.3 Å². The third-order valence-corrected chi connectivity index (χ3v) is 5.07. The van der Waals surface area contributed by atoms with Crippen LogP contribution in [0.25, 0.3) is 0 Å². The largest absolute Gasteiger partial charge is 0.399 e. The molecule has 3 unspecified atom stereocenters. The minimum absolute atomic E-state index is 0.340. The van der Waals surface area contributed by atoms with E-state index in [4.69, 9.17) is 5.73 Å².